The quantitative estimate of drug-likeness (QED) is 0.691. The molecule has 25 heavy (non-hydrogen) atoms. The molecular formula is C17H11FN2O4S. The number of hydrogen-bond donors (Lipinski definition) is 2. The Balaban J connectivity index is 1.45. The Morgan fingerprint density at radius 1 is 1.00 bits per heavy atom. The molecule has 0 unspecified atom stereocenters. The first kappa shape index (κ1) is 15.4. The number of amides is 2. The van der Waals surface area contributed by atoms with E-state index in [2.05, 4.69) is 10.9 Å². The second-order valence-corrected chi connectivity index (χ2v) is 6.32. The van der Waals surface area contributed by atoms with Crippen molar-refractivity contribution in [2.45, 2.75) is 0 Å². The second kappa shape index (κ2) is 6.06. The van der Waals surface area contributed by atoms with Crippen LogP contribution in [-0.4, -0.2) is 18.6 Å². The summed E-state index contributed by atoms with van der Waals surface area (Å²) in [6.07, 6.45) is 0. The summed E-state index contributed by atoms with van der Waals surface area (Å²) < 4.78 is 24.7. The molecule has 0 atom stereocenters. The van der Waals surface area contributed by atoms with Gasteiger partial charge in [0.05, 0.1) is 4.88 Å². The van der Waals surface area contributed by atoms with Crippen molar-refractivity contribution in [3.8, 4) is 11.5 Å². The minimum atomic E-state index is -0.519. The molecule has 0 saturated carbocycles. The van der Waals surface area contributed by atoms with Gasteiger partial charge in [0.1, 0.15) is 5.82 Å². The van der Waals surface area contributed by atoms with Crippen molar-refractivity contribution in [3.05, 3.63) is 58.7 Å². The number of ether oxygens (including phenoxy) is 2. The van der Waals surface area contributed by atoms with E-state index >= 15 is 0 Å². The lowest BCUT2D eigenvalue weighted by Gasteiger charge is -2.06. The number of nitrogens with one attached hydrogen (secondary N) is 2. The van der Waals surface area contributed by atoms with E-state index in [1.54, 1.807) is 24.3 Å². The standard InChI is InChI=1S/C17H11FN2O4S/c18-11-2-1-3-14-10(11)7-15(25-14)17(22)20-19-16(21)9-4-5-12-13(6-9)24-8-23-12/h1-7H,8H2,(H,19,21)(H,20,22). The first-order chi connectivity index (χ1) is 12.1. The van der Waals surface area contributed by atoms with Gasteiger partial charge in [-0.2, -0.15) is 0 Å². The number of benzene rings is 2. The molecule has 2 amide bonds. The Morgan fingerprint density at radius 3 is 2.64 bits per heavy atom. The van der Waals surface area contributed by atoms with E-state index in [0.29, 0.717) is 32.0 Å². The van der Waals surface area contributed by atoms with Crippen LogP contribution in [0.2, 0.25) is 0 Å². The lowest BCUT2D eigenvalue weighted by Crippen LogP contribution is -2.41. The van der Waals surface area contributed by atoms with Gasteiger partial charge in [0.15, 0.2) is 11.5 Å². The van der Waals surface area contributed by atoms with Gasteiger partial charge in [-0.25, -0.2) is 4.39 Å². The van der Waals surface area contributed by atoms with Crippen molar-refractivity contribution >= 4 is 33.2 Å². The van der Waals surface area contributed by atoms with Crippen LogP contribution in [0.4, 0.5) is 4.39 Å². The van der Waals surface area contributed by atoms with Gasteiger partial charge in [-0.1, -0.05) is 6.07 Å². The van der Waals surface area contributed by atoms with E-state index in [1.807, 2.05) is 0 Å². The summed E-state index contributed by atoms with van der Waals surface area (Å²) in [6, 6.07) is 10.8. The van der Waals surface area contributed by atoms with Crippen LogP contribution in [0.15, 0.2) is 42.5 Å². The van der Waals surface area contributed by atoms with Crippen molar-refractivity contribution in [1.82, 2.24) is 10.9 Å². The maximum Gasteiger partial charge on any atom is 0.279 e. The highest BCUT2D eigenvalue weighted by atomic mass is 32.1. The fraction of sp³-hybridized carbons (Fsp3) is 0.0588. The average molecular weight is 358 g/mol. The molecule has 0 bridgehead atoms. The molecule has 0 fully saturated rings. The molecule has 2 aromatic carbocycles. The Kier molecular flexibility index (Phi) is 3.73. The van der Waals surface area contributed by atoms with Crippen LogP contribution in [0.5, 0.6) is 11.5 Å². The van der Waals surface area contributed by atoms with Crippen LogP contribution in [0.3, 0.4) is 0 Å². The maximum atomic E-state index is 13.7. The average Bonchev–Trinajstić information content (AvgIpc) is 3.25. The SMILES string of the molecule is O=C(NNC(=O)c1cc2c(F)cccc2s1)c1ccc2c(c1)OCO2. The summed E-state index contributed by atoms with van der Waals surface area (Å²) in [5.41, 5.74) is 4.96. The van der Waals surface area contributed by atoms with E-state index < -0.39 is 17.6 Å². The van der Waals surface area contributed by atoms with Gasteiger partial charge in [-0.15, -0.1) is 11.3 Å². The molecule has 2 N–H and O–H groups in total. The third-order valence-corrected chi connectivity index (χ3v) is 4.76. The van der Waals surface area contributed by atoms with E-state index in [9.17, 15) is 14.0 Å². The van der Waals surface area contributed by atoms with Gasteiger partial charge in [0.2, 0.25) is 6.79 Å². The molecule has 2 heterocycles. The molecule has 1 aromatic heterocycles. The molecule has 8 heteroatoms. The third-order valence-electron chi connectivity index (χ3n) is 3.66. The number of rotatable bonds is 2. The van der Waals surface area contributed by atoms with Crippen LogP contribution < -0.4 is 20.3 Å². The zero-order valence-corrected chi connectivity index (χ0v) is 13.5. The Morgan fingerprint density at radius 2 is 1.80 bits per heavy atom. The molecule has 126 valence electrons. The number of hydrogen-bond acceptors (Lipinski definition) is 5. The fourth-order valence-corrected chi connectivity index (χ4v) is 3.39. The summed E-state index contributed by atoms with van der Waals surface area (Å²) in [5, 5.41) is 0.375. The van der Waals surface area contributed by atoms with Crippen LogP contribution in [0, 0.1) is 5.82 Å². The molecule has 1 aliphatic heterocycles. The highest BCUT2D eigenvalue weighted by Gasteiger charge is 2.17. The van der Waals surface area contributed by atoms with Gasteiger partial charge >= 0.3 is 0 Å². The topological polar surface area (TPSA) is 76.7 Å². The van der Waals surface area contributed by atoms with Crippen LogP contribution in [-0.2, 0) is 0 Å². The predicted octanol–water partition coefficient (Wildman–Crippen LogP) is 2.84. The minimum absolute atomic E-state index is 0.111. The highest BCUT2D eigenvalue weighted by molar-refractivity contribution is 7.20. The normalized spacial score (nSPS) is 12.2. The van der Waals surface area contributed by atoms with Gasteiger partial charge in [-0.05, 0) is 36.4 Å². The molecule has 0 aliphatic carbocycles. The van der Waals surface area contributed by atoms with Gasteiger partial charge in [-0.3, -0.25) is 20.4 Å². The monoisotopic (exact) mass is 358 g/mol. The molecule has 0 spiro atoms. The van der Waals surface area contributed by atoms with Crippen molar-refractivity contribution in [3.63, 3.8) is 0 Å². The summed E-state index contributed by atoms with van der Waals surface area (Å²) in [6.45, 7) is 0.111. The molecule has 1 aliphatic rings. The highest BCUT2D eigenvalue weighted by Crippen LogP contribution is 2.32. The Hall–Kier alpha value is -3.13. The molecule has 0 saturated heterocycles. The summed E-state index contributed by atoms with van der Waals surface area (Å²) in [7, 11) is 0. The number of halogens is 1. The van der Waals surface area contributed by atoms with Crippen molar-refractivity contribution in [2.24, 2.45) is 0 Å². The number of thiophene rings is 1. The Bertz CT molecular complexity index is 1000. The number of carbonyl (C=O) groups excluding carboxylic acids is 2. The summed E-state index contributed by atoms with van der Waals surface area (Å²) in [4.78, 5) is 24.6. The molecule has 0 radical (unpaired) electrons. The number of carbonyl (C=O) groups is 2. The number of hydrazine groups is 1. The second-order valence-electron chi connectivity index (χ2n) is 5.24. The van der Waals surface area contributed by atoms with E-state index in [1.165, 1.54) is 18.2 Å². The van der Waals surface area contributed by atoms with Crippen LogP contribution in [0.25, 0.3) is 10.1 Å². The van der Waals surface area contributed by atoms with E-state index in [0.717, 1.165) is 11.3 Å². The van der Waals surface area contributed by atoms with Gasteiger partial charge in [0, 0.05) is 15.6 Å². The van der Waals surface area contributed by atoms with Crippen LogP contribution >= 0.6 is 11.3 Å². The van der Waals surface area contributed by atoms with Crippen molar-refractivity contribution in [1.29, 1.82) is 0 Å². The number of fused-ring (bicyclic) bond motifs is 2. The Labute approximate surface area is 145 Å². The van der Waals surface area contributed by atoms with Gasteiger partial charge < -0.3 is 9.47 Å². The minimum Gasteiger partial charge on any atom is -0.454 e. The first-order valence-electron chi connectivity index (χ1n) is 7.30. The lowest BCUT2D eigenvalue weighted by atomic mass is 10.2. The predicted molar refractivity (Wildman–Crippen MR) is 89.3 cm³/mol. The zero-order chi connectivity index (χ0) is 17.4. The first-order valence-corrected chi connectivity index (χ1v) is 8.12. The summed E-state index contributed by atoms with van der Waals surface area (Å²) >= 11 is 1.14. The largest absolute Gasteiger partial charge is 0.454 e. The molecule has 6 nitrogen and oxygen atoms in total. The van der Waals surface area contributed by atoms with E-state index in [-0.39, 0.29) is 6.79 Å². The fourth-order valence-electron chi connectivity index (χ4n) is 2.42. The van der Waals surface area contributed by atoms with Gasteiger partial charge in [0.25, 0.3) is 11.8 Å². The van der Waals surface area contributed by atoms with Crippen molar-refractivity contribution < 1.29 is 23.5 Å². The maximum absolute atomic E-state index is 13.7. The summed E-state index contributed by atoms with van der Waals surface area (Å²) in [5.74, 6) is -0.377. The molecule has 4 rings (SSSR count). The third kappa shape index (κ3) is 2.87. The zero-order valence-electron chi connectivity index (χ0n) is 12.7. The van der Waals surface area contributed by atoms with Crippen molar-refractivity contribution in [2.75, 3.05) is 6.79 Å². The van der Waals surface area contributed by atoms with Crippen LogP contribution in [0.1, 0.15) is 20.0 Å². The lowest BCUT2D eigenvalue weighted by molar-refractivity contribution is 0.0849. The smallest absolute Gasteiger partial charge is 0.279 e. The van der Waals surface area contributed by atoms with E-state index in [4.69, 9.17) is 9.47 Å². The molecule has 3 aromatic rings. The molecular weight excluding hydrogens is 347 g/mol.